The highest BCUT2D eigenvalue weighted by atomic mass is 32.1. The van der Waals surface area contributed by atoms with Crippen molar-refractivity contribution in [1.82, 2.24) is 9.88 Å². The third-order valence-electron chi connectivity index (χ3n) is 7.32. The van der Waals surface area contributed by atoms with Crippen LogP contribution in [0.3, 0.4) is 0 Å². The molecule has 0 spiro atoms. The molecule has 3 aromatic rings. The zero-order chi connectivity index (χ0) is 17.3. The van der Waals surface area contributed by atoms with E-state index in [1.807, 2.05) is 11.3 Å². The summed E-state index contributed by atoms with van der Waals surface area (Å²) in [5.74, 6) is 2.53. The first kappa shape index (κ1) is 15.5. The number of benzene rings is 1. The van der Waals surface area contributed by atoms with Gasteiger partial charge >= 0.3 is 0 Å². The molecule has 5 heterocycles. The normalized spacial score (nSPS) is 32.6. The molecule has 7 rings (SSSR count). The quantitative estimate of drug-likeness (QED) is 0.623. The molecule has 4 bridgehead atoms. The van der Waals surface area contributed by atoms with Gasteiger partial charge in [-0.15, -0.1) is 11.3 Å². The fourth-order valence-corrected chi connectivity index (χ4v) is 7.01. The van der Waals surface area contributed by atoms with E-state index in [4.69, 9.17) is 0 Å². The predicted octanol–water partition coefficient (Wildman–Crippen LogP) is 5.66. The zero-order valence-corrected chi connectivity index (χ0v) is 16.2. The molecule has 1 aromatic carbocycles. The van der Waals surface area contributed by atoms with Gasteiger partial charge in [0.2, 0.25) is 0 Å². The Kier molecular flexibility index (Phi) is 3.40. The Bertz CT molecular complexity index is 954. The van der Waals surface area contributed by atoms with Crippen molar-refractivity contribution in [2.45, 2.75) is 44.6 Å². The SMILES string of the molecule is CC[C@H]1C[C@H]2C[C@H]3c4[nH]c5ccc(-c6cccs6)cc5c4CCN(C2)C13. The maximum absolute atomic E-state index is 3.89. The van der Waals surface area contributed by atoms with Gasteiger partial charge in [0.25, 0.3) is 0 Å². The van der Waals surface area contributed by atoms with Crippen LogP contribution < -0.4 is 0 Å². The molecule has 5 atom stereocenters. The van der Waals surface area contributed by atoms with E-state index in [2.05, 4.69) is 52.5 Å². The summed E-state index contributed by atoms with van der Waals surface area (Å²) in [6.07, 6.45) is 5.41. The third-order valence-corrected chi connectivity index (χ3v) is 8.24. The minimum Gasteiger partial charge on any atom is -0.358 e. The number of aromatic nitrogens is 1. The largest absolute Gasteiger partial charge is 0.358 e. The van der Waals surface area contributed by atoms with E-state index in [0.717, 1.165) is 23.8 Å². The summed E-state index contributed by atoms with van der Waals surface area (Å²) in [5.41, 5.74) is 5.92. The second-order valence-electron chi connectivity index (χ2n) is 8.60. The van der Waals surface area contributed by atoms with Gasteiger partial charge in [0.05, 0.1) is 0 Å². The summed E-state index contributed by atoms with van der Waals surface area (Å²) in [6.45, 7) is 5.00. The number of hydrogen-bond donors (Lipinski definition) is 1. The monoisotopic (exact) mass is 362 g/mol. The summed E-state index contributed by atoms with van der Waals surface area (Å²) < 4.78 is 0. The predicted molar refractivity (Wildman–Crippen MR) is 110 cm³/mol. The van der Waals surface area contributed by atoms with Crippen LogP contribution in [-0.4, -0.2) is 29.0 Å². The molecule has 0 radical (unpaired) electrons. The molecule has 3 fully saturated rings. The topological polar surface area (TPSA) is 19.0 Å². The van der Waals surface area contributed by atoms with Crippen molar-refractivity contribution in [3.63, 3.8) is 0 Å². The van der Waals surface area contributed by atoms with Crippen LogP contribution in [0.4, 0.5) is 0 Å². The van der Waals surface area contributed by atoms with Gasteiger partial charge in [-0.2, -0.15) is 0 Å². The lowest BCUT2D eigenvalue weighted by molar-refractivity contribution is -0.0134. The number of H-pyrrole nitrogens is 1. The van der Waals surface area contributed by atoms with Gasteiger partial charge in [-0.05, 0) is 65.8 Å². The Morgan fingerprint density at radius 2 is 2.19 bits per heavy atom. The molecule has 3 heteroatoms. The lowest BCUT2D eigenvalue weighted by atomic mass is 9.65. The number of aromatic amines is 1. The number of piperidine rings is 2. The van der Waals surface area contributed by atoms with Gasteiger partial charge in [0.1, 0.15) is 0 Å². The van der Waals surface area contributed by atoms with Crippen molar-refractivity contribution in [2.75, 3.05) is 13.1 Å². The highest BCUT2D eigenvalue weighted by Crippen LogP contribution is 2.51. The number of nitrogens with zero attached hydrogens (tertiary/aromatic N) is 1. The molecule has 1 aliphatic carbocycles. The van der Waals surface area contributed by atoms with Crippen LogP contribution >= 0.6 is 11.3 Å². The van der Waals surface area contributed by atoms with Gasteiger partial charge in [-0.3, -0.25) is 4.90 Å². The molecule has 2 saturated heterocycles. The highest BCUT2D eigenvalue weighted by Gasteiger charge is 2.48. The molecule has 2 unspecified atom stereocenters. The van der Waals surface area contributed by atoms with E-state index in [-0.39, 0.29) is 0 Å². The van der Waals surface area contributed by atoms with Crippen LogP contribution in [0.25, 0.3) is 21.3 Å². The lowest BCUT2D eigenvalue weighted by Gasteiger charge is -2.53. The molecule has 1 N–H and O–H groups in total. The maximum Gasteiger partial charge on any atom is 0.0459 e. The molecule has 0 amide bonds. The number of rotatable bonds is 2. The first-order valence-electron chi connectivity index (χ1n) is 10.2. The molecule has 2 nitrogen and oxygen atoms in total. The molecular weight excluding hydrogens is 336 g/mol. The Balaban J connectivity index is 1.50. The molecule has 134 valence electrons. The van der Waals surface area contributed by atoms with Crippen LogP contribution in [0.5, 0.6) is 0 Å². The van der Waals surface area contributed by atoms with Crippen molar-refractivity contribution in [3.05, 3.63) is 47.0 Å². The fourth-order valence-electron chi connectivity index (χ4n) is 6.29. The number of thiophene rings is 1. The average molecular weight is 363 g/mol. The average Bonchev–Trinajstić information content (AvgIpc) is 3.31. The Morgan fingerprint density at radius 1 is 1.23 bits per heavy atom. The first-order valence-corrected chi connectivity index (χ1v) is 11.1. The molecule has 4 aliphatic rings. The van der Waals surface area contributed by atoms with Crippen molar-refractivity contribution >= 4 is 22.2 Å². The first-order chi connectivity index (χ1) is 12.8. The molecule has 26 heavy (non-hydrogen) atoms. The van der Waals surface area contributed by atoms with Crippen molar-refractivity contribution in [2.24, 2.45) is 11.8 Å². The summed E-state index contributed by atoms with van der Waals surface area (Å²) in [7, 11) is 0. The zero-order valence-electron chi connectivity index (χ0n) is 15.4. The summed E-state index contributed by atoms with van der Waals surface area (Å²) in [5, 5.41) is 3.65. The van der Waals surface area contributed by atoms with E-state index in [1.54, 1.807) is 11.3 Å². The maximum atomic E-state index is 3.89. The van der Waals surface area contributed by atoms with Crippen LogP contribution in [0.1, 0.15) is 43.4 Å². The fraction of sp³-hybridized carbons (Fsp3) is 0.478. The highest BCUT2D eigenvalue weighted by molar-refractivity contribution is 7.13. The molecule has 3 aliphatic heterocycles. The second-order valence-corrected chi connectivity index (χ2v) is 9.55. The van der Waals surface area contributed by atoms with E-state index < -0.39 is 0 Å². The third kappa shape index (κ3) is 2.13. The summed E-state index contributed by atoms with van der Waals surface area (Å²) >= 11 is 1.84. The minimum atomic E-state index is 0.725. The second kappa shape index (κ2) is 5.71. The van der Waals surface area contributed by atoms with Crippen LogP contribution in [-0.2, 0) is 6.42 Å². The van der Waals surface area contributed by atoms with Crippen LogP contribution in [0.15, 0.2) is 35.7 Å². The van der Waals surface area contributed by atoms with Crippen molar-refractivity contribution in [3.8, 4) is 10.4 Å². The summed E-state index contributed by atoms with van der Waals surface area (Å²) in [6, 6.07) is 12.2. The lowest BCUT2D eigenvalue weighted by Crippen LogP contribution is -2.56. The van der Waals surface area contributed by atoms with Gasteiger partial charge < -0.3 is 4.98 Å². The van der Waals surface area contributed by atoms with Crippen molar-refractivity contribution < 1.29 is 0 Å². The standard InChI is InChI=1S/C23H26N2S/c1-2-15-10-14-11-19-22-17(7-8-25(13-14)23(15)19)18-12-16(5-6-20(18)24-22)21-4-3-9-26-21/h3-6,9,12,14-15,19,23-24H,2,7-8,10-11,13H2,1H3/t14-,15-,19-,23?/m0/s1. The number of fused-ring (bicyclic) bond motifs is 4. The summed E-state index contributed by atoms with van der Waals surface area (Å²) in [4.78, 5) is 8.11. The Morgan fingerprint density at radius 3 is 3.04 bits per heavy atom. The van der Waals surface area contributed by atoms with Crippen LogP contribution in [0.2, 0.25) is 0 Å². The minimum absolute atomic E-state index is 0.725. The van der Waals surface area contributed by atoms with Gasteiger partial charge in [0, 0.05) is 46.5 Å². The van der Waals surface area contributed by atoms with Gasteiger partial charge in [0.15, 0.2) is 0 Å². The van der Waals surface area contributed by atoms with E-state index in [9.17, 15) is 0 Å². The van der Waals surface area contributed by atoms with E-state index >= 15 is 0 Å². The van der Waals surface area contributed by atoms with E-state index in [0.29, 0.717) is 0 Å². The molecule has 2 aromatic heterocycles. The smallest absolute Gasteiger partial charge is 0.0459 e. The molecule has 1 saturated carbocycles. The van der Waals surface area contributed by atoms with Crippen molar-refractivity contribution in [1.29, 1.82) is 0 Å². The number of nitrogens with one attached hydrogen (secondary N) is 1. The van der Waals surface area contributed by atoms with Gasteiger partial charge in [-0.25, -0.2) is 0 Å². The Hall–Kier alpha value is -1.58. The number of hydrogen-bond acceptors (Lipinski definition) is 2. The van der Waals surface area contributed by atoms with Crippen LogP contribution in [0, 0.1) is 11.8 Å². The Labute approximate surface area is 159 Å². The van der Waals surface area contributed by atoms with Gasteiger partial charge in [-0.1, -0.05) is 25.5 Å². The van der Waals surface area contributed by atoms with E-state index in [1.165, 1.54) is 60.1 Å². The molecular formula is C23H26N2S.